The monoisotopic (exact) mass is 487 g/mol. The van der Waals surface area contributed by atoms with E-state index in [1.165, 1.54) is 21.7 Å². The van der Waals surface area contributed by atoms with Crippen molar-refractivity contribution in [1.29, 1.82) is 0 Å². The maximum atomic E-state index is 12.8. The lowest BCUT2D eigenvalue weighted by Gasteiger charge is -2.33. The van der Waals surface area contributed by atoms with Crippen molar-refractivity contribution in [3.8, 4) is 11.3 Å². The smallest absolute Gasteiger partial charge is 0.243 e. The highest BCUT2D eigenvalue weighted by atomic mass is 35.5. The number of hydrogen-bond acceptors (Lipinski definition) is 5. The zero-order chi connectivity index (χ0) is 20.6. The van der Waals surface area contributed by atoms with E-state index in [0.717, 1.165) is 16.4 Å². The second kappa shape index (κ2) is 8.41. The lowest BCUT2D eigenvalue weighted by molar-refractivity contribution is 0.385. The summed E-state index contributed by atoms with van der Waals surface area (Å²) in [5.41, 5.74) is 1.71. The molecule has 0 radical (unpaired) electrons. The maximum Gasteiger partial charge on any atom is 0.243 e. The molecule has 1 aliphatic heterocycles. The maximum absolute atomic E-state index is 12.8. The van der Waals surface area contributed by atoms with E-state index in [0.29, 0.717) is 41.2 Å². The van der Waals surface area contributed by atoms with Gasteiger partial charge in [-0.05, 0) is 30.3 Å². The van der Waals surface area contributed by atoms with Crippen LogP contribution in [0.15, 0.2) is 52.7 Å². The first-order chi connectivity index (χ1) is 13.8. The van der Waals surface area contributed by atoms with Gasteiger partial charge in [0.25, 0.3) is 0 Å². The summed E-state index contributed by atoms with van der Waals surface area (Å²) in [7, 11) is -3.56. The molecular weight excluding hydrogens is 473 g/mol. The second-order valence-corrected chi connectivity index (χ2v) is 10.5. The Labute approximate surface area is 188 Å². The SMILES string of the molecule is O=S(=O)(c1cccc(Cl)c1)N1CCN(c2nc(-c3ccc(Cl)c(Cl)c3)cs2)CC1. The topological polar surface area (TPSA) is 53.5 Å². The van der Waals surface area contributed by atoms with Crippen molar-refractivity contribution >= 4 is 61.3 Å². The number of benzene rings is 2. The molecule has 0 spiro atoms. The van der Waals surface area contributed by atoms with Crippen LogP contribution in [-0.2, 0) is 10.0 Å². The largest absolute Gasteiger partial charge is 0.345 e. The summed E-state index contributed by atoms with van der Waals surface area (Å²) < 4.78 is 27.2. The summed E-state index contributed by atoms with van der Waals surface area (Å²) >= 11 is 19.6. The molecule has 29 heavy (non-hydrogen) atoms. The minimum absolute atomic E-state index is 0.217. The zero-order valence-corrected chi connectivity index (χ0v) is 19.0. The average Bonchev–Trinajstić information content (AvgIpc) is 3.20. The van der Waals surface area contributed by atoms with E-state index < -0.39 is 10.0 Å². The zero-order valence-electron chi connectivity index (χ0n) is 15.1. The van der Waals surface area contributed by atoms with Crippen molar-refractivity contribution in [3.05, 3.63) is 62.9 Å². The molecule has 4 rings (SSSR count). The molecule has 1 fully saturated rings. The first-order valence-corrected chi connectivity index (χ1v) is 12.2. The van der Waals surface area contributed by atoms with Crippen LogP contribution in [0.5, 0.6) is 0 Å². The Morgan fingerprint density at radius 1 is 0.931 bits per heavy atom. The van der Waals surface area contributed by atoms with Crippen molar-refractivity contribution < 1.29 is 8.42 Å². The summed E-state index contributed by atoms with van der Waals surface area (Å²) in [6.07, 6.45) is 0. The summed E-state index contributed by atoms with van der Waals surface area (Å²) in [5.74, 6) is 0. The molecule has 1 aliphatic rings. The molecular formula is C19H16Cl3N3O2S2. The van der Waals surface area contributed by atoms with E-state index in [-0.39, 0.29) is 4.90 Å². The van der Waals surface area contributed by atoms with E-state index >= 15 is 0 Å². The first-order valence-electron chi connectivity index (χ1n) is 8.76. The van der Waals surface area contributed by atoms with Crippen LogP contribution in [0.3, 0.4) is 0 Å². The third kappa shape index (κ3) is 4.40. The summed E-state index contributed by atoms with van der Waals surface area (Å²) in [6, 6.07) is 11.8. The summed E-state index contributed by atoms with van der Waals surface area (Å²) in [4.78, 5) is 7.00. The normalized spacial score (nSPS) is 15.6. The highest BCUT2D eigenvalue weighted by Crippen LogP contribution is 2.32. The van der Waals surface area contributed by atoms with Crippen molar-refractivity contribution in [2.24, 2.45) is 0 Å². The highest BCUT2D eigenvalue weighted by molar-refractivity contribution is 7.89. The van der Waals surface area contributed by atoms with Gasteiger partial charge in [-0.3, -0.25) is 0 Å². The lowest BCUT2D eigenvalue weighted by Crippen LogP contribution is -2.48. The number of nitrogens with zero attached hydrogens (tertiary/aromatic N) is 3. The third-order valence-corrected chi connectivity index (χ3v) is 8.42. The number of thiazole rings is 1. The number of halogens is 3. The van der Waals surface area contributed by atoms with Crippen LogP contribution >= 0.6 is 46.1 Å². The van der Waals surface area contributed by atoms with Crippen LogP contribution in [0.25, 0.3) is 11.3 Å². The van der Waals surface area contributed by atoms with Gasteiger partial charge in [0.15, 0.2) is 5.13 Å². The van der Waals surface area contributed by atoms with E-state index in [1.54, 1.807) is 30.3 Å². The molecule has 0 N–H and O–H groups in total. The predicted octanol–water partition coefficient (Wildman–Crippen LogP) is 5.28. The van der Waals surface area contributed by atoms with Gasteiger partial charge in [0, 0.05) is 42.1 Å². The van der Waals surface area contributed by atoms with Crippen LogP contribution in [0.4, 0.5) is 5.13 Å². The van der Waals surface area contributed by atoms with Crippen LogP contribution in [0.2, 0.25) is 15.1 Å². The lowest BCUT2D eigenvalue weighted by atomic mass is 10.2. The van der Waals surface area contributed by atoms with E-state index in [1.807, 2.05) is 11.4 Å². The molecule has 3 aromatic rings. The van der Waals surface area contributed by atoms with E-state index in [4.69, 9.17) is 34.8 Å². The number of piperazine rings is 1. The molecule has 0 bridgehead atoms. The third-order valence-electron chi connectivity index (χ3n) is 4.65. The van der Waals surface area contributed by atoms with Gasteiger partial charge in [0.1, 0.15) is 0 Å². The summed E-state index contributed by atoms with van der Waals surface area (Å²) in [6.45, 7) is 1.90. The Bertz CT molecular complexity index is 1140. The van der Waals surface area contributed by atoms with Crippen molar-refractivity contribution in [3.63, 3.8) is 0 Å². The van der Waals surface area contributed by atoms with Gasteiger partial charge < -0.3 is 4.90 Å². The molecule has 5 nitrogen and oxygen atoms in total. The molecule has 152 valence electrons. The van der Waals surface area contributed by atoms with Crippen LogP contribution < -0.4 is 4.90 Å². The molecule has 0 unspecified atom stereocenters. The van der Waals surface area contributed by atoms with Gasteiger partial charge in [-0.2, -0.15) is 4.31 Å². The molecule has 10 heteroatoms. The fourth-order valence-electron chi connectivity index (χ4n) is 3.09. The molecule has 0 saturated carbocycles. The molecule has 0 amide bonds. The van der Waals surface area contributed by atoms with E-state index in [9.17, 15) is 8.42 Å². The average molecular weight is 489 g/mol. The highest BCUT2D eigenvalue weighted by Gasteiger charge is 2.29. The minimum atomic E-state index is -3.56. The van der Waals surface area contributed by atoms with Crippen LogP contribution in [0, 0.1) is 0 Å². The number of hydrogen-bond donors (Lipinski definition) is 0. The number of rotatable bonds is 4. The predicted molar refractivity (Wildman–Crippen MR) is 120 cm³/mol. The molecule has 2 heterocycles. The molecule has 0 aliphatic carbocycles. The van der Waals surface area contributed by atoms with Crippen molar-refractivity contribution in [2.45, 2.75) is 4.90 Å². The fourth-order valence-corrected chi connectivity index (χ4v) is 6.00. The Morgan fingerprint density at radius 2 is 1.69 bits per heavy atom. The van der Waals surface area contributed by atoms with Gasteiger partial charge in [-0.15, -0.1) is 11.3 Å². The molecule has 1 aromatic heterocycles. The quantitative estimate of drug-likeness (QED) is 0.501. The van der Waals surface area contributed by atoms with Gasteiger partial charge in [0.05, 0.1) is 20.6 Å². The van der Waals surface area contributed by atoms with Gasteiger partial charge in [-0.25, -0.2) is 13.4 Å². The van der Waals surface area contributed by atoms with Gasteiger partial charge in [0.2, 0.25) is 10.0 Å². The summed E-state index contributed by atoms with van der Waals surface area (Å²) in [5, 5.41) is 4.21. The molecule has 0 atom stereocenters. The number of anilines is 1. The van der Waals surface area contributed by atoms with Gasteiger partial charge in [-0.1, -0.05) is 46.9 Å². The Kier molecular flexibility index (Phi) is 6.06. The Morgan fingerprint density at radius 3 is 2.38 bits per heavy atom. The molecule has 1 saturated heterocycles. The van der Waals surface area contributed by atoms with E-state index in [2.05, 4.69) is 9.88 Å². The van der Waals surface area contributed by atoms with Crippen LogP contribution in [-0.4, -0.2) is 43.9 Å². The first kappa shape index (κ1) is 20.9. The van der Waals surface area contributed by atoms with Gasteiger partial charge >= 0.3 is 0 Å². The minimum Gasteiger partial charge on any atom is -0.345 e. The second-order valence-electron chi connectivity index (χ2n) is 6.49. The number of aromatic nitrogens is 1. The Balaban J connectivity index is 1.46. The Hall–Kier alpha value is -1.35. The van der Waals surface area contributed by atoms with Crippen molar-refractivity contribution in [2.75, 3.05) is 31.1 Å². The molecule has 2 aromatic carbocycles. The fraction of sp³-hybridized carbons (Fsp3) is 0.211. The van der Waals surface area contributed by atoms with Crippen LogP contribution in [0.1, 0.15) is 0 Å². The number of sulfonamides is 1. The van der Waals surface area contributed by atoms with Crippen molar-refractivity contribution in [1.82, 2.24) is 9.29 Å². The standard InChI is InChI=1S/C19H16Cl3N3O2S2/c20-14-2-1-3-15(11-14)29(26,27)25-8-6-24(7-9-25)19-23-18(12-28-19)13-4-5-16(21)17(22)10-13/h1-5,10-12H,6-9H2.